The Morgan fingerprint density at radius 2 is 2.21 bits per heavy atom. The quantitative estimate of drug-likeness (QED) is 0.734. The lowest BCUT2D eigenvalue weighted by atomic mass is 10.2. The number of rotatable bonds is 7. The minimum absolute atomic E-state index is 0.236. The fourth-order valence-corrected chi connectivity index (χ4v) is 5.68. The van der Waals surface area contributed by atoms with Gasteiger partial charge in [0.1, 0.15) is 4.21 Å². The molecule has 4 nitrogen and oxygen atoms in total. The van der Waals surface area contributed by atoms with Crippen LogP contribution in [0.3, 0.4) is 0 Å². The molecule has 0 unspecified atom stereocenters. The summed E-state index contributed by atoms with van der Waals surface area (Å²) in [6.45, 7) is 4.73. The van der Waals surface area contributed by atoms with E-state index in [9.17, 15) is 8.42 Å². The van der Waals surface area contributed by atoms with E-state index in [0.717, 1.165) is 0 Å². The first kappa shape index (κ1) is 17.0. The number of nitrogens with two attached hydrogens (primary N) is 1. The van der Waals surface area contributed by atoms with Crippen molar-refractivity contribution in [3.63, 3.8) is 0 Å². The molecule has 0 spiro atoms. The maximum absolute atomic E-state index is 12.6. The Morgan fingerprint density at radius 3 is 2.63 bits per heavy atom. The first-order chi connectivity index (χ1) is 8.75. The smallest absolute Gasteiger partial charge is 0.253 e. The number of hydrogen-bond donors (Lipinski definition) is 1. The maximum Gasteiger partial charge on any atom is 0.253 e. The van der Waals surface area contributed by atoms with Crippen molar-refractivity contribution in [1.29, 1.82) is 0 Å². The average Bonchev–Trinajstić information content (AvgIpc) is 2.70. The van der Waals surface area contributed by atoms with Crippen LogP contribution in [0.15, 0.2) is 20.1 Å². The van der Waals surface area contributed by atoms with Crippen LogP contribution in [0.5, 0.6) is 0 Å². The number of nitrogens with zero attached hydrogens (tertiary/aromatic N) is 1. The molecule has 1 aromatic heterocycles. The van der Waals surface area contributed by atoms with E-state index >= 15 is 0 Å². The third kappa shape index (κ3) is 4.78. The van der Waals surface area contributed by atoms with Crippen LogP contribution in [0.2, 0.25) is 0 Å². The summed E-state index contributed by atoms with van der Waals surface area (Å²) in [5, 5.41) is 1.75. The molecule has 0 atom stereocenters. The van der Waals surface area contributed by atoms with Crippen molar-refractivity contribution >= 4 is 54.5 Å². The van der Waals surface area contributed by atoms with Gasteiger partial charge in [0.25, 0.3) is 10.0 Å². The number of hydrogen-bond acceptors (Lipinski definition) is 4. The third-order valence-corrected chi connectivity index (χ3v) is 7.05. The zero-order chi connectivity index (χ0) is 14.6. The van der Waals surface area contributed by atoms with Gasteiger partial charge in [-0.2, -0.15) is 4.31 Å². The summed E-state index contributed by atoms with van der Waals surface area (Å²) in [7, 11) is -3.49. The normalized spacial score (nSPS) is 12.3. The Morgan fingerprint density at radius 1 is 1.58 bits per heavy atom. The zero-order valence-corrected chi connectivity index (χ0v) is 14.8. The Bertz CT molecular complexity index is 540. The predicted octanol–water partition coefficient (Wildman–Crippen LogP) is 2.83. The summed E-state index contributed by atoms with van der Waals surface area (Å²) in [5.41, 5.74) is 5.47. The molecule has 0 saturated heterocycles. The van der Waals surface area contributed by atoms with Crippen LogP contribution in [0, 0.1) is 5.92 Å². The second-order valence-electron chi connectivity index (χ2n) is 4.53. The van der Waals surface area contributed by atoms with Crippen molar-refractivity contribution in [1.82, 2.24) is 4.31 Å². The summed E-state index contributed by atoms with van der Waals surface area (Å²) < 4.78 is 27.5. The predicted molar refractivity (Wildman–Crippen MR) is 87.0 cm³/mol. The van der Waals surface area contributed by atoms with Gasteiger partial charge < -0.3 is 5.73 Å². The Hall–Kier alpha value is -0.0200. The molecule has 0 aliphatic carbocycles. The van der Waals surface area contributed by atoms with E-state index in [0.29, 0.717) is 33.2 Å². The van der Waals surface area contributed by atoms with Crippen molar-refractivity contribution < 1.29 is 8.42 Å². The molecule has 19 heavy (non-hydrogen) atoms. The fraction of sp³-hybridized carbons (Fsp3) is 0.545. The largest absolute Gasteiger partial charge is 0.393 e. The van der Waals surface area contributed by atoms with E-state index in [2.05, 4.69) is 15.9 Å². The fourth-order valence-electron chi connectivity index (χ4n) is 1.53. The van der Waals surface area contributed by atoms with Crippen molar-refractivity contribution in [2.24, 2.45) is 11.7 Å². The van der Waals surface area contributed by atoms with Crippen LogP contribution >= 0.6 is 39.5 Å². The number of sulfonamides is 1. The van der Waals surface area contributed by atoms with Crippen LogP contribution in [-0.2, 0) is 10.0 Å². The number of halogens is 1. The van der Waals surface area contributed by atoms with E-state index in [-0.39, 0.29) is 5.92 Å². The highest BCUT2D eigenvalue weighted by atomic mass is 79.9. The topological polar surface area (TPSA) is 63.4 Å². The van der Waals surface area contributed by atoms with Gasteiger partial charge in [0, 0.05) is 24.0 Å². The molecular weight excluding hydrogens is 368 g/mol. The molecule has 0 aliphatic rings. The van der Waals surface area contributed by atoms with Gasteiger partial charge in [-0.1, -0.05) is 26.1 Å². The Kier molecular flexibility index (Phi) is 6.38. The molecule has 1 aromatic rings. The molecule has 1 heterocycles. The van der Waals surface area contributed by atoms with Gasteiger partial charge in [-0.15, -0.1) is 11.3 Å². The summed E-state index contributed by atoms with van der Waals surface area (Å²) in [6, 6.07) is 1.73. The monoisotopic (exact) mass is 384 g/mol. The van der Waals surface area contributed by atoms with E-state index in [1.54, 1.807) is 11.4 Å². The lowest BCUT2D eigenvalue weighted by molar-refractivity contribution is 0.375. The molecular formula is C11H17BrN2O2S3. The van der Waals surface area contributed by atoms with Crippen molar-refractivity contribution in [3.05, 3.63) is 15.9 Å². The van der Waals surface area contributed by atoms with Crippen LogP contribution in [0.25, 0.3) is 0 Å². The molecule has 0 aromatic carbocycles. The minimum Gasteiger partial charge on any atom is -0.393 e. The van der Waals surface area contributed by atoms with Gasteiger partial charge in [-0.25, -0.2) is 8.42 Å². The third-order valence-electron chi connectivity index (χ3n) is 2.34. The first-order valence-electron chi connectivity index (χ1n) is 5.76. The van der Waals surface area contributed by atoms with Crippen LogP contribution in [-0.4, -0.2) is 30.8 Å². The van der Waals surface area contributed by atoms with Gasteiger partial charge in [0.2, 0.25) is 0 Å². The molecule has 108 valence electrons. The Balaban J connectivity index is 3.02. The van der Waals surface area contributed by atoms with Gasteiger partial charge in [-0.3, -0.25) is 0 Å². The molecule has 0 saturated carbocycles. The van der Waals surface area contributed by atoms with E-state index in [1.807, 2.05) is 13.8 Å². The first-order valence-corrected chi connectivity index (χ1v) is 9.28. The van der Waals surface area contributed by atoms with Crippen LogP contribution in [0.1, 0.15) is 20.3 Å². The molecule has 8 heteroatoms. The van der Waals surface area contributed by atoms with E-state index in [1.165, 1.54) is 15.6 Å². The summed E-state index contributed by atoms with van der Waals surface area (Å²) in [4.78, 5) is 0.328. The standard InChI is InChI=1S/C11H17BrN2O2S3/c1-8(2)7-14(5-3-10(13)17)19(15,16)11-9(12)4-6-18-11/h4,6,8H,3,5,7H2,1-2H3,(H2,13,17). The summed E-state index contributed by atoms with van der Waals surface area (Å²) in [5.74, 6) is 0.236. The molecule has 0 aliphatic heterocycles. The van der Waals surface area contributed by atoms with Gasteiger partial charge in [0.15, 0.2) is 0 Å². The van der Waals surface area contributed by atoms with Crippen LogP contribution < -0.4 is 5.73 Å². The number of thiocarbonyl (C=S) groups is 1. The molecule has 2 N–H and O–H groups in total. The SMILES string of the molecule is CC(C)CN(CCC(N)=S)S(=O)(=O)c1sccc1Br. The molecule has 0 radical (unpaired) electrons. The second-order valence-corrected chi connectivity index (χ2v) is 8.96. The highest BCUT2D eigenvalue weighted by Crippen LogP contribution is 2.30. The summed E-state index contributed by atoms with van der Waals surface area (Å²) in [6.07, 6.45) is 0.393. The number of thiophene rings is 1. The maximum atomic E-state index is 12.6. The van der Waals surface area contributed by atoms with Crippen molar-refractivity contribution in [3.8, 4) is 0 Å². The molecule has 0 amide bonds. The van der Waals surface area contributed by atoms with Crippen LogP contribution in [0.4, 0.5) is 0 Å². The van der Waals surface area contributed by atoms with Gasteiger partial charge >= 0.3 is 0 Å². The molecule has 1 rings (SSSR count). The van der Waals surface area contributed by atoms with E-state index in [4.69, 9.17) is 18.0 Å². The van der Waals surface area contributed by atoms with Gasteiger partial charge in [0.05, 0.1) is 4.99 Å². The van der Waals surface area contributed by atoms with Gasteiger partial charge in [-0.05, 0) is 33.3 Å². The zero-order valence-electron chi connectivity index (χ0n) is 10.8. The Labute approximate surface area is 132 Å². The lowest BCUT2D eigenvalue weighted by Crippen LogP contribution is -2.36. The lowest BCUT2D eigenvalue weighted by Gasteiger charge is -2.23. The van der Waals surface area contributed by atoms with Crippen molar-refractivity contribution in [2.45, 2.75) is 24.5 Å². The van der Waals surface area contributed by atoms with E-state index < -0.39 is 10.0 Å². The molecule has 0 fully saturated rings. The average molecular weight is 385 g/mol. The second kappa shape index (κ2) is 7.12. The molecule has 0 bridgehead atoms. The minimum atomic E-state index is -3.49. The summed E-state index contributed by atoms with van der Waals surface area (Å²) >= 11 is 9.30. The highest BCUT2D eigenvalue weighted by molar-refractivity contribution is 9.10. The van der Waals surface area contributed by atoms with Crippen molar-refractivity contribution in [2.75, 3.05) is 13.1 Å². The highest BCUT2D eigenvalue weighted by Gasteiger charge is 2.28.